The lowest BCUT2D eigenvalue weighted by Gasteiger charge is -2.11. The van der Waals surface area contributed by atoms with Gasteiger partial charge >= 0.3 is 6.18 Å². The Hall–Kier alpha value is -1.82. The summed E-state index contributed by atoms with van der Waals surface area (Å²) in [5.41, 5.74) is -0.934. The van der Waals surface area contributed by atoms with Gasteiger partial charge in [0.1, 0.15) is 16.8 Å². The summed E-state index contributed by atoms with van der Waals surface area (Å²) in [4.78, 5) is 3.67. The quantitative estimate of drug-likeness (QED) is 0.644. The van der Waals surface area contributed by atoms with Crippen LogP contribution in [0.1, 0.15) is 5.56 Å². The summed E-state index contributed by atoms with van der Waals surface area (Å²) >= 11 is 5.52. The molecule has 0 saturated carbocycles. The third-order valence-corrected chi connectivity index (χ3v) is 2.45. The molecule has 1 aromatic heterocycles. The highest BCUT2D eigenvalue weighted by Gasteiger charge is 2.31. The van der Waals surface area contributed by atoms with Crippen LogP contribution in [0.4, 0.5) is 29.1 Å². The van der Waals surface area contributed by atoms with Gasteiger partial charge in [0.2, 0.25) is 0 Å². The van der Waals surface area contributed by atoms with E-state index < -0.39 is 17.6 Å². The Bertz CT molecular complexity index is 599. The Labute approximate surface area is 111 Å². The molecule has 0 bridgehead atoms. The van der Waals surface area contributed by atoms with Gasteiger partial charge in [-0.2, -0.15) is 13.2 Å². The van der Waals surface area contributed by atoms with Crippen molar-refractivity contribution in [2.24, 2.45) is 0 Å². The minimum atomic E-state index is -4.54. The van der Waals surface area contributed by atoms with Crippen LogP contribution in [0, 0.1) is 5.82 Å². The monoisotopic (exact) mass is 290 g/mol. The zero-order chi connectivity index (χ0) is 14.0. The molecule has 0 fully saturated rings. The number of nitrogens with zero attached hydrogens (tertiary/aromatic N) is 1. The molecule has 0 unspecified atom stereocenters. The number of para-hydroxylation sites is 1. The molecule has 0 atom stereocenters. The number of pyridine rings is 1. The fraction of sp³-hybridized carbons (Fsp3) is 0.0833. The molecule has 2 aromatic rings. The molecule has 100 valence electrons. The Morgan fingerprint density at radius 3 is 2.42 bits per heavy atom. The molecule has 0 aliphatic carbocycles. The van der Waals surface area contributed by atoms with Crippen LogP contribution in [-0.2, 0) is 6.18 Å². The van der Waals surface area contributed by atoms with Gasteiger partial charge in [0.25, 0.3) is 0 Å². The second-order valence-electron chi connectivity index (χ2n) is 3.67. The molecule has 1 N–H and O–H groups in total. The summed E-state index contributed by atoms with van der Waals surface area (Å²) in [5, 5.41) is 2.13. The van der Waals surface area contributed by atoms with E-state index >= 15 is 0 Å². The summed E-state index contributed by atoms with van der Waals surface area (Å²) in [7, 11) is 0. The average molecular weight is 291 g/mol. The molecule has 0 radical (unpaired) electrons. The molecular formula is C12H7ClF4N2. The molecule has 2 rings (SSSR count). The first-order valence-corrected chi connectivity index (χ1v) is 5.50. The highest BCUT2D eigenvalue weighted by Crippen LogP contribution is 2.32. The molecule has 0 saturated heterocycles. The van der Waals surface area contributed by atoms with Crippen molar-refractivity contribution in [1.29, 1.82) is 0 Å². The first kappa shape index (κ1) is 13.6. The maximum absolute atomic E-state index is 13.4. The van der Waals surface area contributed by atoms with Crippen LogP contribution in [-0.4, -0.2) is 4.98 Å². The van der Waals surface area contributed by atoms with Gasteiger partial charge in [-0.1, -0.05) is 23.7 Å². The first-order chi connectivity index (χ1) is 8.86. The Morgan fingerprint density at radius 2 is 1.79 bits per heavy atom. The van der Waals surface area contributed by atoms with Crippen molar-refractivity contribution < 1.29 is 17.6 Å². The number of anilines is 2. The molecule has 0 aliphatic heterocycles. The van der Waals surface area contributed by atoms with Crippen molar-refractivity contribution in [2.45, 2.75) is 6.18 Å². The highest BCUT2D eigenvalue weighted by atomic mass is 35.5. The van der Waals surface area contributed by atoms with E-state index in [4.69, 9.17) is 11.6 Å². The standard InChI is InChI=1S/C12H7ClF4N2/c13-10-5-7(12(15,16)17)6-11(19-10)18-9-4-2-1-3-8(9)14/h1-6H,(H,18,19). The lowest BCUT2D eigenvalue weighted by molar-refractivity contribution is -0.137. The predicted octanol–water partition coefficient (Wildman–Crippen LogP) is 4.64. The lowest BCUT2D eigenvalue weighted by Crippen LogP contribution is -2.07. The van der Waals surface area contributed by atoms with Crippen molar-refractivity contribution in [3.8, 4) is 0 Å². The molecule has 1 aromatic carbocycles. The highest BCUT2D eigenvalue weighted by molar-refractivity contribution is 6.29. The summed E-state index contributed by atoms with van der Waals surface area (Å²) < 4.78 is 51.1. The molecule has 7 heteroatoms. The number of benzene rings is 1. The molecule has 0 amide bonds. The average Bonchev–Trinajstić information content (AvgIpc) is 2.30. The van der Waals surface area contributed by atoms with Gasteiger partial charge < -0.3 is 5.32 Å². The van der Waals surface area contributed by atoms with Crippen LogP contribution in [0.5, 0.6) is 0 Å². The maximum Gasteiger partial charge on any atom is 0.416 e. The fourth-order valence-corrected chi connectivity index (χ4v) is 1.63. The molecule has 0 aliphatic rings. The second kappa shape index (κ2) is 5.05. The van der Waals surface area contributed by atoms with E-state index in [9.17, 15) is 17.6 Å². The molecule has 2 nitrogen and oxygen atoms in total. The number of nitrogens with one attached hydrogen (secondary N) is 1. The second-order valence-corrected chi connectivity index (χ2v) is 4.05. The zero-order valence-corrected chi connectivity index (χ0v) is 10.1. The van der Waals surface area contributed by atoms with Crippen molar-refractivity contribution in [3.63, 3.8) is 0 Å². The van der Waals surface area contributed by atoms with Crippen LogP contribution in [0.15, 0.2) is 36.4 Å². The Balaban J connectivity index is 2.36. The van der Waals surface area contributed by atoms with E-state index in [1.165, 1.54) is 18.2 Å². The summed E-state index contributed by atoms with van der Waals surface area (Å²) in [5.74, 6) is -0.775. The lowest BCUT2D eigenvalue weighted by atomic mass is 10.2. The van der Waals surface area contributed by atoms with E-state index in [2.05, 4.69) is 10.3 Å². The van der Waals surface area contributed by atoms with Crippen molar-refractivity contribution in [1.82, 2.24) is 4.98 Å². The van der Waals surface area contributed by atoms with E-state index in [0.29, 0.717) is 6.07 Å². The molecular weight excluding hydrogens is 284 g/mol. The van der Waals surface area contributed by atoms with Crippen molar-refractivity contribution in [3.05, 3.63) is 52.9 Å². The number of hydrogen-bond acceptors (Lipinski definition) is 2. The van der Waals surface area contributed by atoms with Gasteiger partial charge in [0.05, 0.1) is 11.3 Å². The van der Waals surface area contributed by atoms with Crippen molar-refractivity contribution >= 4 is 23.1 Å². The number of hydrogen-bond donors (Lipinski definition) is 1. The maximum atomic E-state index is 13.4. The summed E-state index contributed by atoms with van der Waals surface area (Å²) in [6.07, 6.45) is -4.54. The number of rotatable bonds is 2. The minimum absolute atomic E-state index is 0.0189. The Kier molecular flexibility index (Phi) is 3.61. The van der Waals surface area contributed by atoms with Gasteiger partial charge in [-0.05, 0) is 24.3 Å². The van der Waals surface area contributed by atoms with Gasteiger partial charge in [-0.15, -0.1) is 0 Å². The molecule has 19 heavy (non-hydrogen) atoms. The van der Waals surface area contributed by atoms with Crippen LogP contribution in [0.2, 0.25) is 5.15 Å². The number of aromatic nitrogens is 1. The summed E-state index contributed by atoms with van der Waals surface area (Å²) in [6, 6.07) is 7.03. The third kappa shape index (κ3) is 3.35. The van der Waals surface area contributed by atoms with E-state index in [-0.39, 0.29) is 16.7 Å². The Morgan fingerprint density at radius 1 is 1.11 bits per heavy atom. The molecule has 1 heterocycles. The normalized spacial score (nSPS) is 11.4. The van der Waals surface area contributed by atoms with E-state index in [1.54, 1.807) is 6.07 Å². The van der Waals surface area contributed by atoms with E-state index in [1.807, 2.05) is 0 Å². The van der Waals surface area contributed by atoms with Gasteiger partial charge in [0, 0.05) is 0 Å². The number of halogens is 5. The van der Waals surface area contributed by atoms with Crippen molar-refractivity contribution in [2.75, 3.05) is 5.32 Å². The van der Waals surface area contributed by atoms with Gasteiger partial charge in [-0.3, -0.25) is 0 Å². The topological polar surface area (TPSA) is 24.9 Å². The first-order valence-electron chi connectivity index (χ1n) is 5.12. The summed E-state index contributed by atoms with van der Waals surface area (Å²) in [6.45, 7) is 0. The van der Waals surface area contributed by atoms with Crippen LogP contribution >= 0.6 is 11.6 Å². The zero-order valence-electron chi connectivity index (χ0n) is 9.30. The largest absolute Gasteiger partial charge is 0.416 e. The van der Waals surface area contributed by atoms with Crippen LogP contribution in [0.25, 0.3) is 0 Å². The number of alkyl halides is 3. The smallest absolute Gasteiger partial charge is 0.338 e. The SMILES string of the molecule is Fc1ccccc1Nc1cc(C(F)(F)F)cc(Cl)n1. The van der Waals surface area contributed by atoms with Gasteiger partial charge in [-0.25, -0.2) is 9.37 Å². The van der Waals surface area contributed by atoms with E-state index in [0.717, 1.165) is 6.07 Å². The third-order valence-electron chi connectivity index (χ3n) is 2.26. The van der Waals surface area contributed by atoms with Crippen LogP contribution in [0.3, 0.4) is 0 Å². The molecule has 0 spiro atoms. The van der Waals surface area contributed by atoms with Gasteiger partial charge in [0.15, 0.2) is 0 Å². The fourth-order valence-electron chi connectivity index (χ4n) is 1.43. The predicted molar refractivity (Wildman–Crippen MR) is 63.9 cm³/mol. The minimum Gasteiger partial charge on any atom is -0.338 e. The van der Waals surface area contributed by atoms with Crippen LogP contribution < -0.4 is 5.32 Å².